The van der Waals surface area contributed by atoms with Gasteiger partial charge in [0.2, 0.25) is 5.91 Å². The lowest BCUT2D eigenvalue weighted by atomic mass is 10.3. The van der Waals surface area contributed by atoms with Crippen molar-refractivity contribution in [3.05, 3.63) is 91.3 Å². The fourth-order valence-corrected chi connectivity index (χ4v) is 4.76. The molecule has 0 unspecified atom stereocenters. The van der Waals surface area contributed by atoms with E-state index in [1.165, 1.54) is 42.1 Å². The van der Waals surface area contributed by atoms with Gasteiger partial charge in [0.25, 0.3) is 10.0 Å². The van der Waals surface area contributed by atoms with Gasteiger partial charge in [0, 0.05) is 10.6 Å². The van der Waals surface area contributed by atoms with Crippen LogP contribution in [0.1, 0.15) is 0 Å². The molecule has 3 aromatic rings. The third-order valence-corrected chi connectivity index (χ3v) is 7.07. The van der Waals surface area contributed by atoms with E-state index in [1.54, 1.807) is 42.5 Å². The first-order chi connectivity index (χ1) is 15.8. The summed E-state index contributed by atoms with van der Waals surface area (Å²) in [5.74, 6) is -0.588. The van der Waals surface area contributed by atoms with E-state index in [9.17, 15) is 17.6 Å². The van der Waals surface area contributed by atoms with Gasteiger partial charge in [-0.15, -0.1) is 11.8 Å². The molecule has 0 bridgehead atoms. The number of nitrogens with zero attached hydrogens (tertiary/aromatic N) is 1. The Labute approximate surface area is 197 Å². The van der Waals surface area contributed by atoms with Crippen molar-refractivity contribution in [1.82, 2.24) is 0 Å². The predicted molar refractivity (Wildman–Crippen MR) is 130 cm³/mol. The van der Waals surface area contributed by atoms with Crippen molar-refractivity contribution in [3.8, 4) is 5.75 Å². The number of rotatable bonds is 10. The third-order valence-electron chi connectivity index (χ3n) is 4.54. The normalized spacial score (nSPS) is 11.0. The molecule has 0 spiro atoms. The summed E-state index contributed by atoms with van der Waals surface area (Å²) in [6, 6.07) is 18.0. The average Bonchev–Trinajstić information content (AvgIpc) is 2.82. The maximum atomic E-state index is 13.9. The van der Waals surface area contributed by atoms with Gasteiger partial charge < -0.3 is 10.1 Å². The van der Waals surface area contributed by atoms with Crippen molar-refractivity contribution in [2.24, 2.45) is 0 Å². The van der Waals surface area contributed by atoms with Crippen LogP contribution in [-0.4, -0.2) is 33.7 Å². The lowest BCUT2D eigenvalue weighted by Gasteiger charge is -2.24. The first-order valence-electron chi connectivity index (χ1n) is 9.89. The number of amides is 1. The molecule has 0 atom stereocenters. The minimum atomic E-state index is -4.13. The number of nitrogens with one attached hydrogen (secondary N) is 1. The average molecular weight is 487 g/mol. The molecule has 0 aromatic heterocycles. The van der Waals surface area contributed by atoms with Gasteiger partial charge in [-0.2, -0.15) is 0 Å². The van der Waals surface area contributed by atoms with Gasteiger partial charge in [0.1, 0.15) is 24.7 Å². The number of carbonyl (C=O) groups excluding carboxylic acids is 1. The molecule has 3 rings (SSSR count). The number of thioether (sulfide) groups is 1. The zero-order valence-electron chi connectivity index (χ0n) is 17.9. The van der Waals surface area contributed by atoms with E-state index in [2.05, 4.69) is 11.9 Å². The van der Waals surface area contributed by atoms with Gasteiger partial charge in [-0.1, -0.05) is 18.7 Å². The highest BCUT2D eigenvalue weighted by atomic mass is 32.2. The van der Waals surface area contributed by atoms with Crippen LogP contribution in [0, 0.1) is 5.82 Å². The molecule has 0 radical (unpaired) electrons. The predicted octanol–water partition coefficient (Wildman–Crippen LogP) is 4.95. The Kier molecular flexibility index (Phi) is 8.13. The second-order valence-electron chi connectivity index (χ2n) is 6.84. The first kappa shape index (κ1) is 24.3. The quantitative estimate of drug-likeness (QED) is 0.324. The largest absolute Gasteiger partial charge is 0.490 e. The minimum Gasteiger partial charge on any atom is -0.490 e. The second kappa shape index (κ2) is 11.0. The SMILES string of the molecule is C=CCOc1ccc(NC(=O)CN(c2cccc(F)c2)S(=O)(=O)c2ccc(SC)cc2)cc1. The Morgan fingerprint density at radius 1 is 1.12 bits per heavy atom. The molecule has 0 aliphatic carbocycles. The summed E-state index contributed by atoms with van der Waals surface area (Å²) in [5, 5.41) is 2.66. The molecule has 1 N–H and O–H groups in total. The molecule has 0 aliphatic heterocycles. The van der Waals surface area contributed by atoms with E-state index >= 15 is 0 Å². The van der Waals surface area contributed by atoms with E-state index in [-0.39, 0.29) is 10.6 Å². The van der Waals surface area contributed by atoms with Gasteiger partial charge in [0.15, 0.2) is 0 Å². The van der Waals surface area contributed by atoms with Crippen LogP contribution < -0.4 is 14.4 Å². The summed E-state index contributed by atoms with van der Waals surface area (Å²) in [7, 11) is -4.13. The number of benzene rings is 3. The van der Waals surface area contributed by atoms with Crippen molar-refractivity contribution in [3.63, 3.8) is 0 Å². The summed E-state index contributed by atoms with van der Waals surface area (Å²) < 4.78 is 46.9. The number of halogens is 1. The van der Waals surface area contributed by atoms with Crippen molar-refractivity contribution < 1.29 is 22.3 Å². The molecule has 0 saturated heterocycles. The van der Waals surface area contributed by atoms with E-state index in [0.29, 0.717) is 18.0 Å². The lowest BCUT2D eigenvalue weighted by Crippen LogP contribution is -2.38. The molecule has 9 heteroatoms. The maximum absolute atomic E-state index is 13.9. The van der Waals surface area contributed by atoms with Crippen LogP contribution in [0.2, 0.25) is 0 Å². The number of sulfonamides is 1. The van der Waals surface area contributed by atoms with Crippen LogP contribution in [0.15, 0.2) is 95.2 Å². The van der Waals surface area contributed by atoms with Crippen LogP contribution in [0.4, 0.5) is 15.8 Å². The molecule has 172 valence electrons. The van der Waals surface area contributed by atoms with Crippen LogP contribution in [0.3, 0.4) is 0 Å². The molecule has 3 aromatic carbocycles. The summed E-state index contributed by atoms with van der Waals surface area (Å²) in [4.78, 5) is 13.7. The Balaban J connectivity index is 1.85. The van der Waals surface area contributed by atoms with Crippen LogP contribution in [0.25, 0.3) is 0 Å². The molecule has 0 fully saturated rings. The summed E-state index contributed by atoms with van der Waals surface area (Å²) in [6.45, 7) is 3.39. The van der Waals surface area contributed by atoms with Crippen LogP contribution in [0.5, 0.6) is 5.75 Å². The summed E-state index contributed by atoms with van der Waals surface area (Å²) >= 11 is 1.48. The molecule has 0 heterocycles. The van der Waals surface area contributed by atoms with Gasteiger partial charge >= 0.3 is 0 Å². The molecule has 6 nitrogen and oxygen atoms in total. The maximum Gasteiger partial charge on any atom is 0.264 e. The molecule has 33 heavy (non-hydrogen) atoms. The smallest absolute Gasteiger partial charge is 0.264 e. The fraction of sp³-hybridized carbons (Fsp3) is 0.125. The van der Waals surface area contributed by atoms with Crippen molar-refractivity contribution in [2.75, 3.05) is 29.0 Å². The first-order valence-corrected chi connectivity index (χ1v) is 12.6. The highest BCUT2D eigenvalue weighted by molar-refractivity contribution is 7.98. The second-order valence-corrected chi connectivity index (χ2v) is 9.58. The highest BCUT2D eigenvalue weighted by Crippen LogP contribution is 2.26. The molecular formula is C24H23FN2O4S2. The summed E-state index contributed by atoms with van der Waals surface area (Å²) in [5.41, 5.74) is 0.513. The zero-order chi connectivity index (χ0) is 23.8. The number of ether oxygens (including phenoxy) is 1. The Bertz CT molecular complexity index is 1210. The van der Waals surface area contributed by atoms with Crippen molar-refractivity contribution in [1.29, 1.82) is 0 Å². The standard InChI is InChI=1S/C24H23FN2O4S2/c1-3-15-31-21-9-7-19(8-10-21)26-24(28)17-27(20-6-4-5-18(25)16-20)33(29,30)23-13-11-22(32-2)12-14-23/h3-14,16H,1,15,17H2,2H3,(H,26,28). The minimum absolute atomic E-state index is 0.00100. The lowest BCUT2D eigenvalue weighted by molar-refractivity contribution is -0.114. The topological polar surface area (TPSA) is 75.7 Å². The van der Waals surface area contributed by atoms with Gasteiger partial charge in [0.05, 0.1) is 10.6 Å². The Hall–Kier alpha value is -3.30. The van der Waals surface area contributed by atoms with Crippen LogP contribution >= 0.6 is 11.8 Å². The van der Waals surface area contributed by atoms with E-state index in [4.69, 9.17) is 4.74 Å². The van der Waals surface area contributed by atoms with E-state index < -0.39 is 28.3 Å². The fourth-order valence-electron chi connectivity index (χ4n) is 2.94. The van der Waals surface area contributed by atoms with Gasteiger partial charge in [-0.25, -0.2) is 12.8 Å². The van der Waals surface area contributed by atoms with E-state index in [0.717, 1.165) is 15.3 Å². The number of hydrogen-bond acceptors (Lipinski definition) is 5. The number of hydrogen-bond donors (Lipinski definition) is 1. The molecular weight excluding hydrogens is 463 g/mol. The Morgan fingerprint density at radius 3 is 2.42 bits per heavy atom. The molecule has 0 aliphatic rings. The van der Waals surface area contributed by atoms with Crippen LogP contribution in [-0.2, 0) is 14.8 Å². The number of anilines is 2. The Morgan fingerprint density at radius 2 is 1.82 bits per heavy atom. The third kappa shape index (κ3) is 6.36. The van der Waals surface area contributed by atoms with Crippen molar-refractivity contribution in [2.45, 2.75) is 9.79 Å². The van der Waals surface area contributed by atoms with Gasteiger partial charge in [-0.3, -0.25) is 9.10 Å². The monoisotopic (exact) mass is 486 g/mol. The zero-order valence-corrected chi connectivity index (χ0v) is 19.5. The molecule has 0 saturated carbocycles. The van der Waals surface area contributed by atoms with Crippen molar-refractivity contribution >= 4 is 39.1 Å². The summed E-state index contributed by atoms with van der Waals surface area (Å²) in [6.07, 6.45) is 3.50. The highest BCUT2D eigenvalue weighted by Gasteiger charge is 2.27. The number of carbonyl (C=O) groups is 1. The van der Waals surface area contributed by atoms with Gasteiger partial charge in [-0.05, 0) is 73.0 Å². The van der Waals surface area contributed by atoms with E-state index in [1.807, 2.05) is 6.26 Å². The molecule has 1 amide bonds.